The third kappa shape index (κ3) is 3.26. The summed E-state index contributed by atoms with van der Waals surface area (Å²) in [4.78, 5) is 2.67. The molecule has 0 aromatic heterocycles. The van der Waals surface area contributed by atoms with Gasteiger partial charge in [-0.3, -0.25) is 0 Å². The van der Waals surface area contributed by atoms with Gasteiger partial charge in [0.15, 0.2) is 0 Å². The molecule has 116 valence electrons. The van der Waals surface area contributed by atoms with E-state index < -0.39 is 0 Å². The van der Waals surface area contributed by atoms with E-state index in [0.717, 1.165) is 19.0 Å². The van der Waals surface area contributed by atoms with Crippen LogP contribution in [0, 0.1) is 5.92 Å². The molecule has 2 unspecified atom stereocenters. The smallest absolute Gasteiger partial charge is 0.0412 e. The lowest BCUT2D eigenvalue weighted by Gasteiger charge is -2.42. The Morgan fingerprint density at radius 3 is 2.81 bits per heavy atom. The van der Waals surface area contributed by atoms with Gasteiger partial charge in [-0.1, -0.05) is 26.8 Å². The van der Waals surface area contributed by atoms with Crippen LogP contribution in [0.15, 0.2) is 18.2 Å². The molecule has 0 bridgehead atoms. The van der Waals surface area contributed by atoms with Crippen molar-refractivity contribution in [1.82, 2.24) is 5.32 Å². The highest BCUT2D eigenvalue weighted by atomic mass is 15.2. The number of nitrogens with one attached hydrogen (secondary N) is 1. The summed E-state index contributed by atoms with van der Waals surface area (Å²) in [5.74, 6) is 0.766. The Morgan fingerprint density at radius 2 is 2.05 bits per heavy atom. The second-order valence-corrected chi connectivity index (χ2v) is 7.26. The average molecular weight is 286 g/mol. The van der Waals surface area contributed by atoms with Crippen molar-refractivity contribution in [1.29, 1.82) is 0 Å². The van der Waals surface area contributed by atoms with Crippen LogP contribution < -0.4 is 10.2 Å². The van der Waals surface area contributed by atoms with Gasteiger partial charge in [-0.15, -0.1) is 0 Å². The molecule has 0 radical (unpaired) electrons. The van der Waals surface area contributed by atoms with Gasteiger partial charge >= 0.3 is 0 Å². The highest BCUT2D eigenvalue weighted by molar-refractivity contribution is 5.53. The Balaban J connectivity index is 1.79. The van der Waals surface area contributed by atoms with Crippen LogP contribution in [0.25, 0.3) is 0 Å². The quantitative estimate of drug-likeness (QED) is 0.906. The molecule has 1 aromatic rings. The van der Waals surface area contributed by atoms with Crippen molar-refractivity contribution in [2.75, 3.05) is 18.0 Å². The van der Waals surface area contributed by atoms with Crippen LogP contribution in [0.3, 0.4) is 0 Å². The van der Waals surface area contributed by atoms with Gasteiger partial charge in [0.05, 0.1) is 0 Å². The SMILES string of the molecule is CCC1CNC(CC(C)C)CN1c1ccc2c(c1)CCC2. The minimum atomic E-state index is 0.640. The summed E-state index contributed by atoms with van der Waals surface area (Å²) in [6.45, 7) is 9.26. The van der Waals surface area contributed by atoms with E-state index in [0.29, 0.717) is 12.1 Å². The largest absolute Gasteiger partial charge is 0.366 e. The Labute approximate surface area is 129 Å². The normalized spacial score (nSPS) is 25.4. The topological polar surface area (TPSA) is 15.3 Å². The molecule has 1 aliphatic heterocycles. The predicted octanol–water partition coefficient (Wildman–Crippen LogP) is 3.78. The van der Waals surface area contributed by atoms with Crippen LogP contribution in [0.4, 0.5) is 5.69 Å². The molecule has 2 atom stereocenters. The number of hydrogen-bond acceptors (Lipinski definition) is 2. The van der Waals surface area contributed by atoms with Crippen LogP contribution in [0.2, 0.25) is 0 Å². The number of benzene rings is 1. The fourth-order valence-electron chi connectivity index (χ4n) is 4.01. The molecular weight excluding hydrogens is 256 g/mol. The molecule has 21 heavy (non-hydrogen) atoms. The van der Waals surface area contributed by atoms with Crippen molar-refractivity contribution in [3.63, 3.8) is 0 Å². The molecule has 1 aromatic carbocycles. The van der Waals surface area contributed by atoms with Crippen LogP contribution in [-0.2, 0) is 12.8 Å². The van der Waals surface area contributed by atoms with Gasteiger partial charge in [0, 0.05) is 30.9 Å². The molecule has 0 amide bonds. The molecule has 3 rings (SSSR count). The monoisotopic (exact) mass is 286 g/mol. The van der Waals surface area contributed by atoms with Crippen LogP contribution in [-0.4, -0.2) is 25.2 Å². The summed E-state index contributed by atoms with van der Waals surface area (Å²) >= 11 is 0. The number of hydrogen-bond donors (Lipinski definition) is 1. The number of piperazine rings is 1. The third-order valence-corrected chi connectivity index (χ3v) is 5.14. The third-order valence-electron chi connectivity index (χ3n) is 5.14. The number of nitrogens with zero attached hydrogens (tertiary/aromatic N) is 1. The van der Waals surface area contributed by atoms with Gasteiger partial charge in [0.25, 0.3) is 0 Å². The lowest BCUT2D eigenvalue weighted by atomic mass is 9.98. The van der Waals surface area contributed by atoms with Crippen molar-refractivity contribution in [3.8, 4) is 0 Å². The summed E-state index contributed by atoms with van der Waals surface area (Å²) in [5, 5.41) is 3.76. The minimum absolute atomic E-state index is 0.640. The Hall–Kier alpha value is -1.02. The van der Waals surface area contributed by atoms with Crippen LogP contribution >= 0.6 is 0 Å². The lowest BCUT2D eigenvalue weighted by molar-refractivity contribution is 0.343. The van der Waals surface area contributed by atoms with Crippen LogP contribution in [0.1, 0.15) is 51.2 Å². The molecule has 1 N–H and O–H groups in total. The van der Waals surface area contributed by atoms with Gasteiger partial charge < -0.3 is 10.2 Å². The highest BCUT2D eigenvalue weighted by Crippen LogP contribution is 2.29. The average Bonchev–Trinajstić information content (AvgIpc) is 2.94. The summed E-state index contributed by atoms with van der Waals surface area (Å²) in [7, 11) is 0. The first-order chi connectivity index (χ1) is 10.2. The molecule has 2 aliphatic rings. The van der Waals surface area contributed by atoms with E-state index in [1.54, 1.807) is 11.1 Å². The van der Waals surface area contributed by atoms with Gasteiger partial charge in [0.2, 0.25) is 0 Å². The summed E-state index contributed by atoms with van der Waals surface area (Å²) in [6, 6.07) is 8.51. The first-order valence-electron chi connectivity index (χ1n) is 8.79. The summed E-state index contributed by atoms with van der Waals surface area (Å²) in [5.41, 5.74) is 4.64. The molecule has 1 aliphatic carbocycles. The number of fused-ring (bicyclic) bond motifs is 1. The Bertz CT molecular complexity index is 480. The minimum Gasteiger partial charge on any atom is -0.366 e. The fourth-order valence-corrected chi connectivity index (χ4v) is 4.01. The fraction of sp³-hybridized carbons (Fsp3) is 0.684. The van der Waals surface area contributed by atoms with E-state index in [1.807, 2.05) is 0 Å². The lowest BCUT2D eigenvalue weighted by Crippen LogP contribution is -2.56. The van der Waals surface area contributed by atoms with Gasteiger partial charge in [-0.05, 0) is 61.3 Å². The molecule has 0 spiro atoms. The number of aryl methyl sites for hydroxylation is 2. The van der Waals surface area contributed by atoms with Gasteiger partial charge in [-0.2, -0.15) is 0 Å². The van der Waals surface area contributed by atoms with E-state index in [1.165, 1.54) is 37.8 Å². The summed E-state index contributed by atoms with van der Waals surface area (Å²) in [6.07, 6.45) is 6.40. The van der Waals surface area contributed by atoms with E-state index >= 15 is 0 Å². The molecule has 1 fully saturated rings. The zero-order valence-corrected chi connectivity index (χ0v) is 13.9. The van der Waals surface area contributed by atoms with Crippen molar-refractivity contribution < 1.29 is 0 Å². The second-order valence-electron chi connectivity index (χ2n) is 7.26. The maximum Gasteiger partial charge on any atom is 0.0412 e. The number of rotatable bonds is 4. The first kappa shape index (κ1) is 14.9. The second kappa shape index (κ2) is 6.39. The first-order valence-corrected chi connectivity index (χ1v) is 8.79. The molecule has 2 heteroatoms. The van der Waals surface area contributed by atoms with Crippen molar-refractivity contribution >= 4 is 5.69 Å². The summed E-state index contributed by atoms with van der Waals surface area (Å²) < 4.78 is 0. The Morgan fingerprint density at radius 1 is 1.24 bits per heavy atom. The molecule has 0 saturated carbocycles. The van der Waals surface area contributed by atoms with E-state index in [-0.39, 0.29) is 0 Å². The van der Waals surface area contributed by atoms with Gasteiger partial charge in [0.1, 0.15) is 0 Å². The predicted molar refractivity (Wildman–Crippen MR) is 91.1 cm³/mol. The highest BCUT2D eigenvalue weighted by Gasteiger charge is 2.27. The van der Waals surface area contributed by atoms with Crippen LogP contribution in [0.5, 0.6) is 0 Å². The Kier molecular flexibility index (Phi) is 4.54. The van der Waals surface area contributed by atoms with E-state index in [2.05, 4.69) is 49.2 Å². The zero-order chi connectivity index (χ0) is 14.8. The molecule has 1 heterocycles. The van der Waals surface area contributed by atoms with Crippen molar-refractivity contribution in [3.05, 3.63) is 29.3 Å². The zero-order valence-electron chi connectivity index (χ0n) is 13.9. The van der Waals surface area contributed by atoms with E-state index in [4.69, 9.17) is 0 Å². The molecule has 2 nitrogen and oxygen atoms in total. The standard InChI is InChI=1S/C19H30N2/c1-4-18-12-20-17(10-14(2)3)13-21(18)19-9-8-15-6-5-7-16(15)11-19/h8-9,11,14,17-18,20H,4-7,10,12-13H2,1-3H3. The molecule has 1 saturated heterocycles. The number of anilines is 1. The van der Waals surface area contributed by atoms with Gasteiger partial charge in [-0.25, -0.2) is 0 Å². The van der Waals surface area contributed by atoms with Crippen molar-refractivity contribution in [2.24, 2.45) is 5.92 Å². The van der Waals surface area contributed by atoms with E-state index in [9.17, 15) is 0 Å². The maximum atomic E-state index is 3.76. The van der Waals surface area contributed by atoms with Crippen molar-refractivity contribution in [2.45, 2.75) is 65.0 Å². The maximum absolute atomic E-state index is 3.76. The molecular formula is C19H30N2.